The zero-order valence-corrected chi connectivity index (χ0v) is 9.98. The van der Waals surface area contributed by atoms with Gasteiger partial charge in [0, 0.05) is 21.1 Å². The zero-order chi connectivity index (χ0) is 11.8. The van der Waals surface area contributed by atoms with E-state index in [2.05, 4.69) is 31.9 Å². The van der Waals surface area contributed by atoms with E-state index in [1.807, 2.05) is 0 Å². The molecule has 1 aromatic rings. The molecule has 0 spiro atoms. The Hall–Kier alpha value is -0.630. The number of hydrogen-bond donors (Lipinski definition) is 0. The minimum Gasteiger partial charge on any atom is -0.258 e. The summed E-state index contributed by atoms with van der Waals surface area (Å²) in [4.78, 5) is 9.58. The van der Waals surface area contributed by atoms with Gasteiger partial charge in [-0.2, -0.15) is 13.2 Å². The normalized spacial score (nSPS) is 11.5. The fourth-order valence-corrected chi connectivity index (χ4v) is 2.55. The number of halogens is 5. The highest BCUT2D eigenvalue weighted by atomic mass is 79.9. The lowest BCUT2D eigenvalue weighted by Crippen LogP contribution is -2.07. The number of nitrogens with zero attached hydrogens (tertiary/aromatic N) is 1. The van der Waals surface area contributed by atoms with Crippen molar-refractivity contribution in [1.82, 2.24) is 0 Å². The van der Waals surface area contributed by atoms with Crippen LogP contribution in [0.1, 0.15) is 5.56 Å². The van der Waals surface area contributed by atoms with Crippen molar-refractivity contribution in [2.75, 3.05) is 0 Å². The van der Waals surface area contributed by atoms with E-state index in [0.717, 1.165) is 12.1 Å². The molecule has 0 aliphatic carbocycles. The minimum atomic E-state index is -4.56. The fraction of sp³-hybridized carbons (Fsp3) is 0.143. The van der Waals surface area contributed by atoms with Gasteiger partial charge in [0.15, 0.2) is 0 Å². The van der Waals surface area contributed by atoms with Crippen LogP contribution in [0.25, 0.3) is 0 Å². The van der Waals surface area contributed by atoms with Gasteiger partial charge in [-0.3, -0.25) is 10.1 Å². The third kappa shape index (κ3) is 2.69. The van der Waals surface area contributed by atoms with Gasteiger partial charge < -0.3 is 0 Å². The molecule has 0 saturated heterocycles. The van der Waals surface area contributed by atoms with E-state index in [1.54, 1.807) is 0 Å². The summed E-state index contributed by atoms with van der Waals surface area (Å²) < 4.78 is 36.5. The molecule has 0 aliphatic rings. The number of nitro benzene ring substituents is 1. The first-order valence-electron chi connectivity index (χ1n) is 3.44. The van der Waals surface area contributed by atoms with Gasteiger partial charge >= 0.3 is 6.18 Å². The molecule has 0 heterocycles. The summed E-state index contributed by atoms with van der Waals surface area (Å²) in [6.45, 7) is 0. The number of non-ortho nitro benzene ring substituents is 1. The van der Waals surface area contributed by atoms with Gasteiger partial charge in [0.1, 0.15) is 0 Å². The highest BCUT2D eigenvalue weighted by Crippen LogP contribution is 2.41. The molecule has 1 rings (SSSR count). The van der Waals surface area contributed by atoms with Crippen LogP contribution in [0.15, 0.2) is 21.1 Å². The molecule has 0 radical (unpaired) electrons. The standard InChI is InChI=1S/C7H2Br2F3NO2/c8-4-1-3(13(14)15)2-5(9)6(4)7(10,11)12/h1-2H. The van der Waals surface area contributed by atoms with Crippen LogP contribution in [0.2, 0.25) is 0 Å². The lowest BCUT2D eigenvalue weighted by Gasteiger charge is -2.10. The first kappa shape index (κ1) is 12.4. The Bertz CT molecular complexity index is 396. The third-order valence-corrected chi connectivity index (χ3v) is 2.77. The number of alkyl halides is 3. The maximum absolute atomic E-state index is 12.4. The van der Waals surface area contributed by atoms with Crippen molar-refractivity contribution in [3.63, 3.8) is 0 Å². The topological polar surface area (TPSA) is 43.1 Å². The van der Waals surface area contributed by atoms with Gasteiger partial charge in [-0.05, 0) is 31.9 Å². The summed E-state index contributed by atoms with van der Waals surface area (Å²) >= 11 is 5.30. The molecular weight excluding hydrogens is 347 g/mol. The molecular formula is C7H2Br2F3NO2. The smallest absolute Gasteiger partial charge is 0.258 e. The molecule has 0 aromatic heterocycles. The number of rotatable bonds is 1. The SMILES string of the molecule is O=[N+]([O-])c1cc(Br)c(C(F)(F)F)c(Br)c1. The number of hydrogen-bond acceptors (Lipinski definition) is 2. The summed E-state index contributed by atoms with van der Waals surface area (Å²) in [6, 6.07) is 1.63. The molecule has 1 aromatic carbocycles. The Morgan fingerprint density at radius 3 is 1.87 bits per heavy atom. The molecule has 0 N–H and O–H groups in total. The maximum Gasteiger partial charge on any atom is 0.418 e. The summed E-state index contributed by atoms with van der Waals surface area (Å²) in [7, 11) is 0. The third-order valence-electron chi connectivity index (χ3n) is 1.52. The Labute approximate surface area is 98.7 Å². The zero-order valence-electron chi connectivity index (χ0n) is 6.81. The molecule has 0 aliphatic heterocycles. The van der Waals surface area contributed by atoms with E-state index < -0.39 is 22.4 Å². The molecule has 15 heavy (non-hydrogen) atoms. The van der Waals surface area contributed by atoms with Crippen LogP contribution in [-0.2, 0) is 6.18 Å². The Kier molecular flexibility index (Phi) is 3.39. The van der Waals surface area contributed by atoms with E-state index in [9.17, 15) is 23.3 Å². The monoisotopic (exact) mass is 347 g/mol. The van der Waals surface area contributed by atoms with Crippen molar-refractivity contribution in [1.29, 1.82) is 0 Å². The lowest BCUT2D eigenvalue weighted by molar-refractivity contribution is -0.385. The average molecular weight is 349 g/mol. The molecule has 8 heteroatoms. The van der Waals surface area contributed by atoms with Gasteiger partial charge in [-0.15, -0.1) is 0 Å². The second-order valence-electron chi connectivity index (χ2n) is 2.54. The van der Waals surface area contributed by atoms with Crippen molar-refractivity contribution in [3.05, 3.63) is 36.8 Å². The van der Waals surface area contributed by atoms with Crippen molar-refractivity contribution in [2.45, 2.75) is 6.18 Å². The summed E-state index contributed by atoms with van der Waals surface area (Å²) in [5.41, 5.74) is -1.38. The van der Waals surface area contributed by atoms with Gasteiger partial charge in [0.2, 0.25) is 0 Å². The Morgan fingerprint density at radius 1 is 1.20 bits per heavy atom. The minimum absolute atomic E-state index is 0.365. The van der Waals surface area contributed by atoms with Gasteiger partial charge in [-0.25, -0.2) is 0 Å². The second kappa shape index (κ2) is 4.09. The van der Waals surface area contributed by atoms with Crippen LogP contribution < -0.4 is 0 Å². The Morgan fingerprint density at radius 2 is 1.60 bits per heavy atom. The summed E-state index contributed by atoms with van der Waals surface area (Å²) in [5.74, 6) is 0. The predicted octanol–water partition coefficient (Wildman–Crippen LogP) is 4.14. The molecule has 0 bridgehead atoms. The average Bonchev–Trinajstić information content (AvgIpc) is 1.99. The summed E-state index contributed by atoms with van der Waals surface area (Å²) in [5, 5.41) is 10.3. The predicted molar refractivity (Wildman–Crippen MR) is 53.5 cm³/mol. The number of nitro groups is 1. The Balaban J connectivity index is 3.41. The van der Waals surface area contributed by atoms with E-state index >= 15 is 0 Å². The maximum atomic E-state index is 12.4. The molecule has 0 fully saturated rings. The largest absolute Gasteiger partial charge is 0.418 e. The van der Waals surface area contributed by atoms with Gasteiger partial charge in [0.25, 0.3) is 5.69 Å². The van der Waals surface area contributed by atoms with E-state index in [4.69, 9.17) is 0 Å². The van der Waals surface area contributed by atoms with E-state index in [1.165, 1.54) is 0 Å². The fourth-order valence-electron chi connectivity index (χ4n) is 0.936. The van der Waals surface area contributed by atoms with E-state index in [-0.39, 0.29) is 8.95 Å². The first-order chi connectivity index (χ1) is 6.73. The summed E-state index contributed by atoms with van der Waals surface area (Å²) in [6.07, 6.45) is -4.56. The molecule has 0 unspecified atom stereocenters. The molecule has 0 amide bonds. The number of benzene rings is 1. The van der Waals surface area contributed by atoms with Crippen LogP contribution in [0.5, 0.6) is 0 Å². The van der Waals surface area contributed by atoms with Crippen molar-refractivity contribution >= 4 is 37.5 Å². The van der Waals surface area contributed by atoms with Crippen molar-refractivity contribution in [3.8, 4) is 0 Å². The highest BCUT2D eigenvalue weighted by molar-refractivity contribution is 9.11. The van der Waals surface area contributed by atoms with E-state index in [0.29, 0.717) is 0 Å². The molecule has 0 saturated carbocycles. The van der Waals surface area contributed by atoms with Gasteiger partial charge in [-0.1, -0.05) is 0 Å². The van der Waals surface area contributed by atoms with Crippen LogP contribution in [0.4, 0.5) is 18.9 Å². The quantitative estimate of drug-likeness (QED) is 0.565. The van der Waals surface area contributed by atoms with Crippen molar-refractivity contribution < 1.29 is 18.1 Å². The molecule has 3 nitrogen and oxygen atoms in total. The molecule has 0 atom stereocenters. The van der Waals surface area contributed by atoms with Crippen LogP contribution in [0.3, 0.4) is 0 Å². The van der Waals surface area contributed by atoms with Crippen molar-refractivity contribution in [2.24, 2.45) is 0 Å². The highest BCUT2D eigenvalue weighted by Gasteiger charge is 2.36. The van der Waals surface area contributed by atoms with Gasteiger partial charge in [0.05, 0.1) is 10.5 Å². The lowest BCUT2D eigenvalue weighted by atomic mass is 10.2. The molecule has 82 valence electrons. The second-order valence-corrected chi connectivity index (χ2v) is 4.25. The van der Waals surface area contributed by atoms with Crippen LogP contribution in [0, 0.1) is 10.1 Å². The first-order valence-corrected chi connectivity index (χ1v) is 5.02. The van der Waals surface area contributed by atoms with Crippen LogP contribution in [-0.4, -0.2) is 4.92 Å². The van der Waals surface area contributed by atoms with Crippen LogP contribution >= 0.6 is 31.9 Å².